The molecule has 0 spiro atoms. The van der Waals surface area contributed by atoms with Crippen LogP contribution in [0.15, 0.2) is 36.5 Å². The quantitative estimate of drug-likeness (QED) is 0.400. The third-order valence-electron chi connectivity index (χ3n) is 5.52. The van der Waals surface area contributed by atoms with Crippen LogP contribution in [0.1, 0.15) is 63.5 Å². The van der Waals surface area contributed by atoms with Crippen molar-refractivity contribution in [1.82, 2.24) is 4.98 Å². The SMILES string of the molecule is CCCCCC1C(=O)CCC1CC(OO)c1cccc2cccnc12. The number of carbonyl (C=O) groups is 1. The Labute approximate surface area is 149 Å². The van der Waals surface area contributed by atoms with Gasteiger partial charge in [-0.15, -0.1) is 0 Å². The van der Waals surface area contributed by atoms with E-state index in [-0.39, 0.29) is 11.8 Å². The number of aromatic nitrogens is 1. The number of hydrogen-bond donors (Lipinski definition) is 1. The summed E-state index contributed by atoms with van der Waals surface area (Å²) in [7, 11) is 0. The summed E-state index contributed by atoms with van der Waals surface area (Å²) in [5, 5.41) is 10.6. The number of unbranched alkanes of at least 4 members (excludes halogenated alkanes) is 2. The zero-order chi connectivity index (χ0) is 17.6. The van der Waals surface area contributed by atoms with Crippen LogP contribution in [0.3, 0.4) is 0 Å². The zero-order valence-corrected chi connectivity index (χ0v) is 14.9. The van der Waals surface area contributed by atoms with Crippen LogP contribution in [0.2, 0.25) is 0 Å². The molecule has 0 bridgehead atoms. The van der Waals surface area contributed by atoms with Gasteiger partial charge in [0.2, 0.25) is 0 Å². The fraction of sp³-hybridized carbons (Fsp3) is 0.524. The smallest absolute Gasteiger partial charge is 0.136 e. The Hall–Kier alpha value is -1.78. The first-order chi connectivity index (χ1) is 12.2. The van der Waals surface area contributed by atoms with Crippen molar-refractivity contribution in [3.05, 3.63) is 42.1 Å². The highest BCUT2D eigenvalue weighted by Crippen LogP contribution is 2.40. The van der Waals surface area contributed by atoms with Crippen LogP contribution < -0.4 is 0 Å². The molecule has 25 heavy (non-hydrogen) atoms. The summed E-state index contributed by atoms with van der Waals surface area (Å²) in [6.07, 6.45) is 7.93. The number of nitrogens with zero attached hydrogens (tertiary/aromatic N) is 1. The van der Waals surface area contributed by atoms with Crippen molar-refractivity contribution in [1.29, 1.82) is 0 Å². The van der Waals surface area contributed by atoms with Crippen LogP contribution in [-0.4, -0.2) is 16.0 Å². The number of fused-ring (bicyclic) bond motifs is 1. The van der Waals surface area contributed by atoms with E-state index in [9.17, 15) is 10.1 Å². The van der Waals surface area contributed by atoms with Crippen LogP contribution >= 0.6 is 0 Å². The highest BCUT2D eigenvalue weighted by molar-refractivity contribution is 5.83. The van der Waals surface area contributed by atoms with E-state index < -0.39 is 6.10 Å². The van der Waals surface area contributed by atoms with Gasteiger partial charge in [0.25, 0.3) is 0 Å². The molecule has 1 aromatic carbocycles. The second kappa shape index (κ2) is 8.54. The molecule has 1 heterocycles. The van der Waals surface area contributed by atoms with Gasteiger partial charge >= 0.3 is 0 Å². The second-order valence-corrected chi connectivity index (χ2v) is 7.12. The van der Waals surface area contributed by atoms with Gasteiger partial charge in [-0.1, -0.05) is 50.5 Å². The molecule has 3 atom stereocenters. The minimum Gasteiger partial charge on any atom is -0.299 e. The fourth-order valence-electron chi connectivity index (χ4n) is 4.16. The minimum absolute atomic E-state index is 0.118. The number of benzene rings is 1. The number of para-hydroxylation sites is 1. The number of Topliss-reactive ketones (excluding diaryl/α,β-unsaturated/α-hetero) is 1. The molecule has 3 unspecified atom stereocenters. The van der Waals surface area contributed by atoms with E-state index in [1.807, 2.05) is 30.3 Å². The van der Waals surface area contributed by atoms with Crippen LogP contribution in [0.5, 0.6) is 0 Å². The molecule has 1 aliphatic carbocycles. The summed E-state index contributed by atoms with van der Waals surface area (Å²) in [6.45, 7) is 2.18. The van der Waals surface area contributed by atoms with E-state index in [0.717, 1.165) is 42.1 Å². The van der Waals surface area contributed by atoms with Crippen molar-refractivity contribution in [3.63, 3.8) is 0 Å². The van der Waals surface area contributed by atoms with Gasteiger partial charge in [-0.05, 0) is 31.2 Å². The number of carbonyl (C=O) groups excluding carboxylic acids is 1. The lowest BCUT2D eigenvalue weighted by atomic mass is 9.84. The maximum Gasteiger partial charge on any atom is 0.136 e. The first kappa shape index (κ1) is 18.0. The zero-order valence-electron chi connectivity index (χ0n) is 14.9. The first-order valence-corrected chi connectivity index (χ1v) is 9.41. The molecule has 0 radical (unpaired) electrons. The predicted octanol–water partition coefficient (Wildman–Crippen LogP) is 5.33. The molecule has 1 aliphatic rings. The number of pyridine rings is 1. The number of rotatable bonds is 8. The van der Waals surface area contributed by atoms with Gasteiger partial charge in [-0.2, -0.15) is 0 Å². The summed E-state index contributed by atoms with van der Waals surface area (Å²) in [6, 6.07) is 9.84. The van der Waals surface area contributed by atoms with E-state index >= 15 is 0 Å². The van der Waals surface area contributed by atoms with Crippen molar-refractivity contribution in [2.45, 2.75) is 58.0 Å². The van der Waals surface area contributed by atoms with Crippen LogP contribution in [0.4, 0.5) is 0 Å². The average molecular weight is 341 g/mol. The molecular weight excluding hydrogens is 314 g/mol. The van der Waals surface area contributed by atoms with Crippen LogP contribution in [0.25, 0.3) is 10.9 Å². The van der Waals surface area contributed by atoms with Gasteiger partial charge in [0.1, 0.15) is 11.9 Å². The highest BCUT2D eigenvalue weighted by atomic mass is 17.1. The molecule has 0 amide bonds. The molecule has 134 valence electrons. The Balaban J connectivity index is 1.78. The molecule has 1 N–H and O–H groups in total. The van der Waals surface area contributed by atoms with Crippen molar-refractivity contribution in [3.8, 4) is 0 Å². The third kappa shape index (κ3) is 4.07. The van der Waals surface area contributed by atoms with Gasteiger partial charge < -0.3 is 0 Å². The molecule has 3 rings (SSSR count). The lowest BCUT2D eigenvalue weighted by molar-refractivity contribution is -0.285. The Kier molecular flexibility index (Phi) is 6.16. The molecule has 4 heteroatoms. The molecule has 1 saturated carbocycles. The summed E-state index contributed by atoms with van der Waals surface area (Å²) in [5.74, 6) is 0.779. The average Bonchev–Trinajstić information content (AvgIpc) is 2.99. The predicted molar refractivity (Wildman–Crippen MR) is 98.2 cm³/mol. The van der Waals surface area contributed by atoms with Gasteiger partial charge in [0, 0.05) is 29.5 Å². The molecule has 0 saturated heterocycles. The van der Waals surface area contributed by atoms with Gasteiger partial charge in [0.05, 0.1) is 5.52 Å². The monoisotopic (exact) mass is 341 g/mol. The second-order valence-electron chi connectivity index (χ2n) is 7.12. The Morgan fingerprint density at radius 3 is 2.92 bits per heavy atom. The first-order valence-electron chi connectivity index (χ1n) is 9.41. The Bertz CT molecular complexity index is 710. The molecule has 0 aliphatic heterocycles. The molecule has 2 aromatic rings. The molecule has 1 aromatic heterocycles. The fourth-order valence-corrected chi connectivity index (χ4v) is 4.16. The summed E-state index contributed by atoms with van der Waals surface area (Å²) in [5.41, 5.74) is 1.75. The topological polar surface area (TPSA) is 59.4 Å². The minimum atomic E-state index is -0.442. The molecular formula is C21H27NO3. The Morgan fingerprint density at radius 1 is 1.28 bits per heavy atom. The van der Waals surface area contributed by atoms with E-state index in [4.69, 9.17) is 4.89 Å². The molecule has 4 nitrogen and oxygen atoms in total. The summed E-state index contributed by atoms with van der Waals surface area (Å²) >= 11 is 0. The standard InChI is InChI=1S/C21H27NO3/c1-2-3-4-9-17-16(11-12-19(17)23)14-20(25-24)18-10-5-7-15-8-6-13-22-21(15)18/h5-8,10,13,16-17,20,24H,2-4,9,11-12,14H2,1H3. The largest absolute Gasteiger partial charge is 0.299 e. The number of hydrogen-bond acceptors (Lipinski definition) is 4. The van der Waals surface area contributed by atoms with Crippen molar-refractivity contribution >= 4 is 16.7 Å². The normalized spacial score (nSPS) is 21.8. The van der Waals surface area contributed by atoms with Gasteiger partial charge in [0.15, 0.2) is 0 Å². The van der Waals surface area contributed by atoms with E-state index in [0.29, 0.717) is 18.6 Å². The van der Waals surface area contributed by atoms with Crippen molar-refractivity contribution in [2.24, 2.45) is 11.8 Å². The van der Waals surface area contributed by atoms with Gasteiger partial charge in [-0.25, -0.2) is 4.89 Å². The van der Waals surface area contributed by atoms with Crippen molar-refractivity contribution in [2.75, 3.05) is 0 Å². The lowest BCUT2D eigenvalue weighted by Crippen LogP contribution is -2.18. The lowest BCUT2D eigenvalue weighted by Gasteiger charge is -2.23. The van der Waals surface area contributed by atoms with Crippen LogP contribution in [0, 0.1) is 11.8 Å². The third-order valence-corrected chi connectivity index (χ3v) is 5.52. The van der Waals surface area contributed by atoms with Crippen molar-refractivity contribution < 1.29 is 14.9 Å². The molecule has 1 fully saturated rings. The Morgan fingerprint density at radius 2 is 2.12 bits per heavy atom. The summed E-state index contributed by atoms with van der Waals surface area (Å²) in [4.78, 5) is 21.6. The van der Waals surface area contributed by atoms with E-state index in [1.165, 1.54) is 6.42 Å². The maximum absolute atomic E-state index is 12.3. The van der Waals surface area contributed by atoms with Crippen LogP contribution in [-0.2, 0) is 9.68 Å². The summed E-state index contributed by atoms with van der Waals surface area (Å²) < 4.78 is 0. The maximum atomic E-state index is 12.3. The van der Waals surface area contributed by atoms with E-state index in [2.05, 4.69) is 11.9 Å². The van der Waals surface area contributed by atoms with Gasteiger partial charge in [-0.3, -0.25) is 15.0 Å². The highest BCUT2D eigenvalue weighted by Gasteiger charge is 2.36. The number of ketones is 1. The van der Waals surface area contributed by atoms with E-state index in [1.54, 1.807) is 6.20 Å².